The maximum absolute atomic E-state index is 5.58. The van der Waals surface area contributed by atoms with Crippen LogP contribution < -0.4 is 10.1 Å². The summed E-state index contributed by atoms with van der Waals surface area (Å²) in [5.41, 5.74) is 2.78. The zero-order valence-electron chi connectivity index (χ0n) is 13.1. The zero-order chi connectivity index (χ0) is 14.4. The van der Waals surface area contributed by atoms with Gasteiger partial charge in [0.1, 0.15) is 5.75 Å². The Morgan fingerprint density at radius 2 is 2.15 bits per heavy atom. The summed E-state index contributed by atoms with van der Waals surface area (Å²) in [4.78, 5) is 2.25. The van der Waals surface area contributed by atoms with Crippen molar-refractivity contribution in [2.24, 2.45) is 0 Å². The van der Waals surface area contributed by atoms with Crippen LogP contribution in [0.1, 0.15) is 43.4 Å². The Balaban J connectivity index is 1.82. The first-order valence-corrected chi connectivity index (χ1v) is 7.84. The molecular formula is C17H28N2O. The average molecular weight is 276 g/mol. The molecule has 3 nitrogen and oxygen atoms in total. The first-order chi connectivity index (χ1) is 9.70. The fourth-order valence-electron chi connectivity index (χ4n) is 2.75. The molecule has 1 aromatic rings. The predicted octanol–water partition coefficient (Wildman–Crippen LogP) is 3.00. The minimum atomic E-state index is 0.472. The molecule has 2 rings (SSSR count). The number of unbranched alkanes of at least 4 members (excludes halogenated alkanes) is 1. The number of fused-ring (bicyclic) bond motifs is 1. The normalized spacial score (nSPS) is 15.2. The van der Waals surface area contributed by atoms with Crippen LogP contribution in [0.2, 0.25) is 0 Å². The number of benzene rings is 1. The van der Waals surface area contributed by atoms with E-state index in [1.54, 1.807) is 0 Å². The Labute approximate surface area is 123 Å². The molecule has 1 aromatic carbocycles. The summed E-state index contributed by atoms with van der Waals surface area (Å²) in [5.74, 6) is 1.08. The summed E-state index contributed by atoms with van der Waals surface area (Å²) in [6.45, 7) is 5.36. The van der Waals surface area contributed by atoms with Crippen molar-refractivity contribution < 1.29 is 4.74 Å². The molecule has 0 fully saturated rings. The van der Waals surface area contributed by atoms with Gasteiger partial charge in [0, 0.05) is 12.5 Å². The number of hydrogen-bond acceptors (Lipinski definition) is 3. The number of nitrogens with one attached hydrogen (secondary N) is 1. The molecule has 0 aromatic heterocycles. The van der Waals surface area contributed by atoms with Crippen molar-refractivity contribution in [3.05, 3.63) is 29.3 Å². The van der Waals surface area contributed by atoms with Crippen LogP contribution in [-0.2, 0) is 6.42 Å². The monoisotopic (exact) mass is 276 g/mol. The topological polar surface area (TPSA) is 24.5 Å². The van der Waals surface area contributed by atoms with Crippen LogP contribution in [-0.4, -0.2) is 38.7 Å². The van der Waals surface area contributed by atoms with Crippen LogP contribution in [0.25, 0.3) is 0 Å². The van der Waals surface area contributed by atoms with E-state index in [9.17, 15) is 0 Å². The van der Waals surface area contributed by atoms with E-state index in [-0.39, 0.29) is 0 Å². The summed E-state index contributed by atoms with van der Waals surface area (Å²) < 4.78 is 5.58. The van der Waals surface area contributed by atoms with Crippen LogP contribution in [0.4, 0.5) is 0 Å². The van der Waals surface area contributed by atoms with Gasteiger partial charge in [-0.2, -0.15) is 0 Å². The molecule has 0 spiro atoms. The first-order valence-electron chi connectivity index (χ1n) is 7.84. The van der Waals surface area contributed by atoms with Crippen LogP contribution >= 0.6 is 0 Å². The fourth-order valence-corrected chi connectivity index (χ4v) is 2.75. The minimum absolute atomic E-state index is 0.472. The summed E-state index contributed by atoms with van der Waals surface area (Å²) in [6.07, 6.45) is 4.69. The molecule has 0 bridgehead atoms. The summed E-state index contributed by atoms with van der Waals surface area (Å²) in [7, 11) is 4.27. The largest absolute Gasteiger partial charge is 0.493 e. The summed E-state index contributed by atoms with van der Waals surface area (Å²) in [6, 6.07) is 7.14. The third kappa shape index (κ3) is 4.22. The van der Waals surface area contributed by atoms with E-state index in [0.29, 0.717) is 6.04 Å². The lowest BCUT2D eigenvalue weighted by Crippen LogP contribution is -2.23. The van der Waals surface area contributed by atoms with Gasteiger partial charge in [0.2, 0.25) is 0 Å². The van der Waals surface area contributed by atoms with E-state index in [4.69, 9.17) is 4.74 Å². The van der Waals surface area contributed by atoms with Crippen molar-refractivity contribution in [2.75, 3.05) is 33.8 Å². The van der Waals surface area contributed by atoms with Gasteiger partial charge in [-0.3, -0.25) is 0 Å². The number of hydrogen-bond donors (Lipinski definition) is 1. The zero-order valence-corrected chi connectivity index (χ0v) is 13.1. The van der Waals surface area contributed by atoms with Crippen molar-refractivity contribution in [1.82, 2.24) is 10.2 Å². The quantitative estimate of drug-likeness (QED) is 0.739. The number of nitrogens with zero attached hydrogens (tertiary/aromatic N) is 1. The molecule has 0 saturated heterocycles. The molecule has 1 heterocycles. The molecule has 1 N–H and O–H groups in total. The second-order valence-electron chi connectivity index (χ2n) is 5.89. The highest BCUT2D eigenvalue weighted by Gasteiger charge is 2.15. The van der Waals surface area contributed by atoms with Gasteiger partial charge in [-0.1, -0.05) is 19.1 Å². The van der Waals surface area contributed by atoms with Crippen LogP contribution in [0.15, 0.2) is 18.2 Å². The Morgan fingerprint density at radius 1 is 1.30 bits per heavy atom. The summed E-state index contributed by atoms with van der Waals surface area (Å²) >= 11 is 0. The van der Waals surface area contributed by atoms with E-state index in [1.807, 2.05) is 0 Å². The molecule has 1 unspecified atom stereocenters. The van der Waals surface area contributed by atoms with Crippen molar-refractivity contribution in [2.45, 2.75) is 38.6 Å². The van der Waals surface area contributed by atoms with Crippen LogP contribution in [0, 0.1) is 0 Å². The third-order valence-corrected chi connectivity index (χ3v) is 3.95. The molecule has 3 heteroatoms. The molecule has 0 saturated carbocycles. The van der Waals surface area contributed by atoms with Crippen molar-refractivity contribution in [3.63, 3.8) is 0 Å². The van der Waals surface area contributed by atoms with E-state index in [0.717, 1.165) is 31.7 Å². The predicted molar refractivity (Wildman–Crippen MR) is 84.5 cm³/mol. The first kappa shape index (κ1) is 15.3. The highest BCUT2D eigenvalue weighted by atomic mass is 16.5. The molecule has 20 heavy (non-hydrogen) atoms. The maximum atomic E-state index is 5.58. The molecular weight excluding hydrogens is 248 g/mol. The van der Waals surface area contributed by atoms with Crippen molar-refractivity contribution in [1.29, 1.82) is 0 Å². The van der Waals surface area contributed by atoms with Gasteiger partial charge in [0.15, 0.2) is 0 Å². The second kappa shape index (κ2) is 7.65. The highest BCUT2D eigenvalue weighted by molar-refractivity contribution is 5.40. The standard InChI is InChI=1S/C17H28N2O/c1-4-16(18-10-5-6-11-19(2)3)14-7-8-17-15(13-14)9-12-20-17/h7-8,13,16,18H,4-6,9-12H2,1-3H3. The molecule has 1 aliphatic heterocycles. The van der Waals surface area contributed by atoms with Crippen molar-refractivity contribution >= 4 is 0 Å². The SMILES string of the molecule is CCC(NCCCCN(C)C)c1ccc2c(c1)CCO2. The molecule has 1 atom stereocenters. The van der Waals surface area contributed by atoms with Crippen molar-refractivity contribution in [3.8, 4) is 5.75 Å². The van der Waals surface area contributed by atoms with Crippen LogP contribution in [0.5, 0.6) is 5.75 Å². The molecule has 1 aliphatic rings. The van der Waals surface area contributed by atoms with E-state index in [2.05, 4.69) is 49.4 Å². The minimum Gasteiger partial charge on any atom is -0.493 e. The number of ether oxygens (including phenoxy) is 1. The second-order valence-corrected chi connectivity index (χ2v) is 5.89. The Morgan fingerprint density at radius 3 is 2.90 bits per heavy atom. The van der Waals surface area contributed by atoms with Gasteiger partial charge >= 0.3 is 0 Å². The lowest BCUT2D eigenvalue weighted by atomic mass is 10.0. The van der Waals surface area contributed by atoms with Gasteiger partial charge in [-0.25, -0.2) is 0 Å². The lowest BCUT2D eigenvalue weighted by Gasteiger charge is -2.18. The highest BCUT2D eigenvalue weighted by Crippen LogP contribution is 2.29. The molecule has 112 valence electrons. The van der Waals surface area contributed by atoms with Gasteiger partial charge in [-0.15, -0.1) is 0 Å². The third-order valence-electron chi connectivity index (χ3n) is 3.95. The molecule has 0 aliphatic carbocycles. The summed E-state index contributed by atoms with van der Waals surface area (Å²) in [5, 5.41) is 3.69. The van der Waals surface area contributed by atoms with Gasteiger partial charge < -0.3 is 15.0 Å². The molecule has 0 amide bonds. The van der Waals surface area contributed by atoms with E-state index < -0.39 is 0 Å². The number of rotatable bonds is 8. The Kier molecular flexibility index (Phi) is 5.86. The fraction of sp³-hybridized carbons (Fsp3) is 0.647. The van der Waals surface area contributed by atoms with E-state index in [1.165, 1.54) is 30.5 Å². The smallest absolute Gasteiger partial charge is 0.122 e. The molecule has 0 radical (unpaired) electrons. The van der Waals surface area contributed by atoms with E-state index >= 15 is 0 Å². The van der Waals surface area contributed by atoms with Crippen LogP contribution in [0.3, 0.4) is 0 Å². The van der Waals surface area contributed by atoms with Gasteiger partial charge in [0.25, 0.3) is 0 Å². The van der Waals surface area contributed by atoms with Gasteiger partial charge in [0.05, 0.1) is 6.61 Å². The average Bonchev–Trinajstić information content (AvgIpc) is 2.89. The van der Waals surface area contributed by atoms with Gasteiger partial charge in [-0.05, 0) is 63.6 Å². The Hall–Kier alpha value is -1.06. The lowest BCUT2D eigenvalue weighted by molar-refractivity contribution is 0.356. The maximum Gasteiger partial charge on any atom is 0.122 e. The Bertz CT molecular complexity index is 417.